The molecule has 0 radical (unpaired) electrons. The van der Waals surface area contributed by atoms with E-state index in [2.05, 4.69) is 4.98 Å². The first kappa shape index (κ1) is 14.2. The van der Waals surface area contributed by atoms with E-state index in [-0.39, 0.29) is 11.5 Å². The first-order valence-electron chi connectivity index (χ1n) is 6.50. The summed E-state index contributed by atoms with van der Waals surface area (Å²) in [6.07, 6.45) is 2.37. The van der Waals surface area contributed by atoms with Crippen LogP contribution in [-0.2, 0) is 6.42 Å². The summed E-state index contributed by atoms with van der Waals surface area (Å²) in [7, 11) is 1.67. The molecule has 2 rings (SSSR count). The molecule has 1 heterocycles. The van der Waals surface area contributed by atoms with Gasteiger partial charge in [-0.2, -0.15) is 0 Å². The summed E-state index contributed by atoms with van der Waals surface area (Å²) in [6, 6.07) is 10.5. The van der Waals surface area contributed by atoms with Gasteiger partial charge in [-0.1, -0.05) is 18.2 Å². The van der Waals surface area contributed by atoms with E-state index in [1.807, 2.05) is 18.2 Å². The average molecular weight is 272 g/mol. The minimum absolute atomic E-state index is 0.119. The number of benzene rings is 1. The number of carbonyl (C=O) groups excluding carboxylic acids is 1. The van der Waals surface area contributed by atoms with Crippen LogP contribution in [0.5, 0.6) is 0 Å². The second kappa shape index (κ2) is 6.28. The average Bonchev–Trinajstić information content (AvgIpc) is 2.48. The second-order valence-corrected chi connectivity index (χ2v) is 4.73. The summed E-state index contributed by atoms with van der Waals surface area (Å²) in [5, 5.41) is 0. The Balaban J connectivity index is 2.04. The molecule has 0 atom stereocenters. The van der Waals surface area contributed by atoms with Crippen LogP contribution in [-0.4, -0.2) is 29.4 Å². The fourth-order valence-electron chi connectivity index (χ4n) is 1.95. The predicted molar refractivity (Wildman–Crippen MR) is 76.0 cm³/mol. The molecule has 4 heteroatoms. The van der Waals surface area contributed by atoms with Gasteiger partial charge in [0.05, 0.1) is 5.56 Å². The van der Waals surface area contributed by atoms with Crippen LogP contribution in [0.1, 0.15) is 21.6 Å². The molecular formula is C16H17FN2O. The van der Waals surface area contributed by atoms with Gasteiger partial charge in [0, 0.05) is 31.9 Å². The van der Waals surface area contributed by atoms with Crippen LogP contribution in [0, 0.1) is 12.7 Å². The SMILES string of the molecule is Cc1cccc(C(=O)N(C)CCc2ccccn2)c1F. The summed E-state index contributed by atoms with van der Waals surface area (Å²) >= 11 is 0. The standard InChI is InChI=1S/C16H17FN2O/c1-12-6-5-8-14(15(12)17)16(20)19(2)11-9-13-7-3-4-10-18-13/h3-8,10H,9,11H2,1-2H3. The third kappa shape index (κ3) is 3.20. The zero-order valence-corrected chi connectivity index (χ0v) is 11.6. The van der Waals surface area contributed by atoms with E-state index in [1.165, 1.54) is 11.0 Å². The van der Waals surface area contributed by atoms with Gasteiger partial charge in [-0.05, 0) is 30.7 Å². The highest BCUT2D eigenvalue weighted by atomic mass is 19.1. The van der Waals surface area contributed by atoms with Crippen molar-refractivity contribution in [2.45, 2.75) is 13.3 Å². The van der Waals surface area contributed by atoms with Gasteiger partial charge >= 0.3 is 0 Å². The zero-order chi connectivity index (χ0) is 14.5. The molecule has 0 aliphatic carbocycles. The Morgan fingerprint density at radius 1 is 1.25 bits per heavy atom. The maximum atomic E-state index is 13.9. The number of likely N-dealkylation sites (N-methyl/N-ethyl adjacent to an activating group) is 1. The monoisotopic (exact) mass is 272 g/mol. The van der Waals surface area contributed by atoms with Crippen LogP contribution >= 0.6 is 0 Å². The largest absolute Gasteiger partial charge is 0.341 e. The summed E-state index contributed by atoms with van der Waals surface area (Å²) < 4.78 is 13.9. The summed E-state index contributed by atoms with van der Waals surface area (Å²) in [6.45, 7) is 2.16. The van der Waals surface area contributed by atoms with Gasteiger partial charge in [-0.15, -0.1) is 0 Å². The van der Waals surface area contributed by atoms with Crippen molar-refractivity contribution in [2.24, 2.45) is 0 Å². The molecule has 0 bridgehead atoms. The van der Waals surface area contributed by atoms with Gasteiger partial charge in [0.25, 0.3) is 5.91 Å². The Bertz CT molecular complexity index is 599. The molecule has 104 valence electrons. The molecule has 1 aromatic carbocycles. The van der Waals surface area contributed by atoms with Crippen molar-refractivity contribution in [3.05, 3.63) is 65.2 Å². The lowest BCUT2D eigenvalue weighted by Gasteiger charge is -2.17. The number of halogens is 1. The minimum atomic E-state index is -0.442. The molecule has 0 saturated heterocycles. The summed E-state index contributed by atoms with van der Waals surface area (Å²) in [5.41, 5.74) is 1.51. The summed E-state index contributed by atoms with van der Waals surface area (Å²) in [5.74, 6) is -0.746. The topological polar surface area (TPSA) is 33.2 Å². The third-order valence-electron chi connectivity index (χ3n) is 3.20. The van der Waals surface area contributed by atoms with Gasteiger partial charge in [0.2, 0.25) is 0 Å². The van der Waals surface area contributed by atoms with Crippen molar-refractivity contribution in [2.75, 3.05) is 13.6 Å². The molecule has 0 spiro atoms. The molecule has 0 aliphatic heterocycles. The molecule has 3 nitrogen and oxygen atoms in total. The molecule has 1 aromatic heterocycles. The third-order valence-corrected chi connectivity index (χ3v) is 3.20. The highest BCUT2D eigenvalue weighted by Crippen LogP contribution is 2.14. The number of amides is 1. The van der Waals surface area contributed by atoms with E-state index in [0.717, 1.165) is 5.69 Å². The fourth-order valence-corrected chi connectivity index (χ4v) is 1.95. The smallest absolute Gasteiger partial charge is 0.256 e. The molecule has 0 N–H and O–H groups in total. The number of nitrogens with zero attached hydrogens (tertiary/aromatic N) is 2. The van der Waals surface area contributed by atoms with E-state index in [1.54, 1.807) is 32.3 Å². The Hall–Kier alpha value is -2.23. The molecule has 0 unspecified atom stereocenters. The number of aromatic nitrogens is 1. The molecule has 20 heavy (non-hydrogen) atoms. The highest BCUT2D eigenvalue weighted by molar-refractivity contribution is 5.94. The van der Waals surface area contributed by atoms with Gasteiger partial charge in [0.1, 0.15) is 5.82 Å². The fraction of sp³-hybridized carbons (Fsp3) is 0.250. The highest BCUT2D eigenvalue weighted by Gasteiger charge is 2.17. The maximum Gasteiger partial charge on any atom is 0.256 e. The summed E-state index contributed by atoms with van der Waals surface area (Å²) in [4.78, 5) is 17.9. The second-order valence-electron chi connectivity index (χ2n) is 4.73. The van der Waals surface area contributed by atoms with Crippen LogP contribution in [0.25, 0.3) is 0 Å². The number of aryl methyl sites for hydroxylation is 1. The number of hydrogen-bond acceptors (Lipinski definition) is 2. The van der Waals surface area contributed by atoms with E-state index in [9.17, 15) is 9.18 Å². The van der Waals surface area contributed by atoms with Crippen molar-refractivity contribution in [1.82, 2.24) is 9.88 Å². The van der Waals surface area contributed by atoms with E-state index in [0.29, 0.717) is 18.5 Å². The van der Waals surface area contributed by atoms with Crippen LogP contribution in [0.4, 0.5) is 4.39 Å². The lowest BCUT2D eigenvalue weighted by atomic mass is 10.1. The van der Waals surface area contributed by atoms with Crippen LogP contribution in [0.2, 0.25) is 0 Å². The van der Waals surface area contributed by atoms with Crippen LogP contribution in [0.3, 0.4) is 0 Å². The van der Waals surface area contributed by atoms with Crippen molar-refractivity contribution < 1.29 is 9.18 Å². The maximum absolute atomic E-state index is 13.9. The number of hydrogen-bond donors (Lipinski definition) is 0. The first-order chi connectivity index (χ1) is 9.59. The van der Waals surface area contributed by atoms with Crippen LogP contribution in [0.15, 0.2) is 42.6 Å². The zero-order valence-electron chi connectivity index (χ0n) is 11.6. The first-order valence-corrected chi connectivity index (χ1v) is 6.50. The van der Waals surface area contributed by atoms with E-state index < -0.39 is 5.82 Å². The lowest BCUT2D eigenvalue weighted by molar-refractivity contribution is 0.0791. The van der Waals surface area contributed by atoms with Crippen molar-refractivity contribution >= 4 is 5.91 Å². The minimum Gasteiger partial charge on any atom is -0.341 e. The lowest BCUT2D eigenvalue weighted by Crippen LogP contribution is -2.29. The van der Waals surface area contributed by atoms with Gasteiger partial charge in [-0.3, -0.25) is 9.78 Å². The van der Waals surface area contributed by atoms with E-state index >= 15 is 0 Å². The molecule has 1 amide bonds. The number of pyridine rings is 1. The number of carbonyl (C=O) groups is 1. The molecular weight excluding hydrogens is 255 g/mol. The van der Waals surface area contributed by atoms with Crippen LogP contribution < -0.4 is 0 Å². The molecule has 0 saturated carbocycles. The Morgan fingerprint density at radius 3 is 2.75 bits per heavy atom. The van der Waals surface area contributed by atoms with E-state index in [4.69, 9.17) is 0 Å². The van der Waals surface area contributed by atoms with Gasteiger partial charge in [0.15, 0.2) is 0 Å². The molecule has 0 fully saturated rings. The normalized spacial score (nSPS) is 10.3. The number of rotatable bonds is 4. The van der Waals surface area contributed by atoms with Crippen molar-refractivity contribution in [3.63, 3.8) is 0 Å². The van der Waals surface area contributed by atoms with Crippen molar-refractivity contribution in [3.8, 4) is 0 Å². The Morgan fingerprint density at radius 2 is 2.05 bits per heavy atom. The van der Waals surface area contributed by atoms with Crippen molar-refractivity contribution in [1.29, 1.82) is 0 Å². The van der Waals surface area contributed by atoms with Gasteiger partial charge < -0.3 is 4.90 Å². The van der Waals surface area contributed by atoms with Gasteiger partial charge in [-0.25, -0.2) is 4.39 Å². The Kier molecular flexibility index (Phi) is 4.45. The Labute approximate surface area is 118 Å². The quantitative estimate of drug-likeness (QED) is 0.857. The molecule has 0 aliphatic rings. The predicted octanol–water partition coefficient (Wildman–Crippen LogP) is 2.84. The molecule has 2 aromatic rings.